The Hall–Kier alpha value is -0.775. The largest absolute Gasteiger partial charge is 0.299 e. The molecule has 0 aromatic heterocycles. The fraction of sp³-hybridized carbons (Fsp3) is 0.778. The molecule has 0 aromatic carbocycles. The molecule has 1 atom stereocenters. The van der Waals surface area contributed by atoms with Crippen LogP contribution in [0.15, 0.2) is 0 Å². The smallest absolute Gasteiger partial charge is 0.135 e. The van der Waals surface area contributed by atoms with Gasteiger partial charge in [0.1, 0.15) is 13.1 Å². The van der Waals surface area contributed by atoms with E-state index >= 15 is 0 Å². The SMILES string of the molecule is CC.N#CCC1C[B]CCC1=O. The highest BCUT2D eigenvalue weighted by molar-refractivity contribution is 6.38. The Morgan fingerprint density at radius 3 is 2.83 bits per heavy atom. The minimum Gasteiger partial charge on any atom is -0.299 e. The fourth-order valence-corrected chi connectivity index (χ4v) is 1.21. The van der Waals surface area contributed by atoms with E-state index < -0.39 is 0 Å². The van der Waals surface area contributed by atoms with Crippen molar-refractivity contribution in [3.63, 3.8) is 0 Å². The first-order valence-corrected chi connectivity index (χ1v) is 4.56. The zero-order valence-corrected chi connectivity index (χ0v) is 7.84. The zero-order chi connectivity index (χ0) is 9.40. The van der Waals surface area contributed by atoms with E-state index in [1.165, 1.54) is 0 Å². The van der Waals surface area contributed by atoms with Crippen molar-refractivity contribution < 1.29 is 4.79 Å². The lowest BCUT2D eigenvalue weighted by molar-refractivity contribution is -0.122. The summed E-state index contributed by atoms with van der Waals surface area (Å²) in [4.78, 5) is 11.0. The average Bonchev–Trinajstić information content (AvgIpc) is 2.13. The maximum atomic E-state index is 11.0. The van der Waals surface area contributed by atoms with E-state index in [1.54, 1.807) is 0 Å². The van der Waals surface area contributed by atoms with Crippen molar-refractivity contribution in [2.24, 2.45) is 5.92 Å². The Labute approximate surface area is 75.2 Å². The number of nitriles is 1. The summed E-state index contributed by atoms with van der Waals surface area (Å²) in [5, 5.41) is 8.32. The predicted octanol–water partition coefficient (Wildman–Crippen LogP) is 2.06. The maximum absolute atomic E-state index is 11.0. The van der Waals surface area contributed by atoms with Crippen molar-refractivity contribution in [1.29, 1.82) is 5.26 Å². The molecule has 0 saturated carbocycles. The lowest BCUT2D eigenvalue weighted by Crippen LogP contribution is -2.21. The van der Waals surface area contributed by atoms with Crippen molar-refractivity contribution in [1.82, 2.24) is 0 Å². The van der Waals surface area contributed by atoms with Crippen LogP contribution in [0.4, 0.5) is 0 Å². The first kappa shape index (κ1) is 11.2. The molecule has 65 valence electrons. The minimum atomic E-state index is 0.0127. The zero-order valence-electron chi connectivity index (χ0n) is 7.84. The van der Waals surface area contributed by atoms with Gasteiger partial charge in [-0.1, -0.05) is 26.5 Å². The van der Waals surface area contributed by atoms with Gasteiger partial charge >= 0.3 is 0 Å². The standard InChI is InChI=1S/C7H9BNO.C2H6/c9-4-2-6-5-8-3-1-7(6)10;1-2/h6H,1-3,5H2;1-2H3. The molecule has 12 heavy (non-hydrogen) atoms. The van der Waals surface area contributed by atoms with Gasteiger partial charge in [-0.15, -0.1) is 0 Å². The van der Waals surface area contributed by atoms with Crippen molar-refractivity contribution >= 4 is 13.1 Å². The summed E-state index contributed by atoms with van der Waals surface area (Å²) < 4.78 is 0. The number of ketones is 1. The van der Waals surface area contributed by atoms with Crippen LogP contribution in [0.3, 0.4) is 0 Å². The lowest BCUT2D eigenvalue weighted by Gasteiger charge is -2.16. The van der Waals surface area contributed by atoms with E-state index in [9.17, 15) is 4.79 Å². The third kappa shape index (κ3) is 3.57. The van der Waals surface area contributed by atoms with Crippen molar-refractivity contribution in [2.75, 3.05) is 0 Å². The number of hydrogen-bond acceptors (Lipinski definition) is 2. The number of carbonyl (C=O) groups is 1. The van der Waals surface area contributed by atoms with Gasteiger partial charge in [-0.2, -0.15) is 5.26 Å². The van der Waals surface area contributed by atoms with Gasteiger partial charge in [0.2, 0.25) is 0 Å². The van der Waals surface area contributed by atoms with Crippen molar-refractivity contribution in [2.45, 2.75) is 39.3 Å². The Morgan fingerprint density at radius 1 is 1.67 bits per heavy atom. The van der Waals surface area contributed by atoms with Gasteiger partial charge in [0.05, 0.1) is 6.07 Å². The first-order valence-electron chi connectivity index (χ1n) is 4.56. The number of rotatable bonds is 1. The molecule has 0 aliphatic carbocycles. The highest BCUT2D eigenvalue weighted by atomic mass is 16.1. The van der Waals surface area contributed by atoms with E-state index in [2.05, 4.69) is 7.28 Å². The van der Waals surface area contributed by atoms with E-state index in [0.29, 0.717) is 12.8 Å². The summed E-state index contributed by atoms with van der Waals surface area (Å²) in [5.41, 5.74) is 0. The van der Waals surface area contributed by atoms with Crippen LogP contribution in [0.25, 0.3) is 0 Å². The molecule has 1 heterocycles. The van der Waals surface area contributed by atoms with Crippen LogP contribution in [0.1, 0.15) is 26.7 Å². The number of nitrogens with zero attached hydrogens (tertiary/aromatic N) is 1. The second-order valence-corrected chi connectivity index (χ2v) is 2.59. The van der Waals surface area contributed by atoms with Gasteiger partial charge < -0.3 is 0 Å². The van der Waals surface area contributed by atoms with E-state index in [0.717, 1.165) is 12.6 Å². The van der Waals surface area contributed by atoms with Gasteiger partial charge in [0, 0.05) is 12.3 Å². The Morgan fingerprint density at radius 2 is 2.33 bits per heavy atom. The van der Waals surface area contributed by atoms with Crippen LogP contribution in [0, 0.1) is 17.2 Å². The molecule has 1 unspecified atom stereocenters. The van der Waals surface area contributed by atoms with Gasteiger partial charge in [-0.05, 0) is 6.42 Å². The Balaban J connectivity index is 0.000000561. The molecule has 1 rings (SSSR count). The monoisotopic (exact) mass is 164 g/mol. The quantitative estimate of drug-likeness (QED) is 0.556. The van der Waals surface area contributed by atoms with E-state index in [-0.39, 0.29) is 11.7 Å². The number of hydrogen-bond donors (Lipinski definition) is 0. The molecule has 0 spiro atoms. The number of carbonyl (C=O) groups excluding carboxylic acids is 1. The highest BCUT2D eigenvalue weighted by Crippen LogP contribution is 2.19. The Bertz CT molecular complexity index is 174. The summed E-state index contributed by atoms with van der Waals surface area (Å²) in [6, 6.07) is 2.03. The molecule has 1 aliphatic rings. The predicted molar refractivity (Wildman–Crippen MR) is 50.1 cm³/mol. The topological polar surface area (TPSA) is 40.9 Å². The number of Topliss-reactive ketones (excluding diaryl/α,β-unsaturated/α-hetero) is 1. The summed E-state index contributed by atoms with van der Waals surface area (Å²) in [6.07, 6.45) is 2.76. The van der Waals surface area contributed by atoms with Crippen molar-refractivity contribution in [3.8, 4) is 6.07 Å². The summed E-state index contributed by atoms with van der Waals surface area (Å²) in [7, 11) is 2.10. The molecule has 1 fully saturated rings. The molecule has 0 aromatic rings. The lowest BCUT2D eigenvalue weighted by atomic mass is 9.59. The fourth-order valence-electron chi connectivity index (χ4n) is 1.21. The Kier molecular flexibility index (Phi) is 6.46. The van der Waals surface area contributed by atoms with Gasteiger partial charge in [-0.3, -0.25) is 4.79 Å². The highest BCUT2D eigenvalue weighted by Gasteiger charge is 2.21. The molecular formula is C9H15BNO. The second-order valence-electron chi connectivity index (χ2n) is 2.59. The van der Waals surface area contributed by atoms with Gasteiger partial charge in [0.25, 0.3) is 0 Å². The van der Waals surface area contributed by atoms with Crippen LogP contribution in [-0.4, -0.2) is 13.1 Å². The van der Waals surface area contributed by atoms with E-state index in [1.807, 2.05) is 19.9 Å². The van der Waals surface area contributed by atoms with Gasteiger partial charge in [0.15, 0.2) is 0 Å². The van der Waals surface area contributed by atoms with Crippen LogP contribution >= 0.6 is 0 Å². The van der Waals surface area contributed by atoms with Crippen molar-refractivity contribution in [3.05, 3.63) is 0 Å². The molecular weight excluding hydrogens is 149 g/mol. The van der Waals surface area contributed by atoms with Crippen LogP contribution in [0.5, 0.6) is 0 Å². The van der Waals surface area contributed by atoms with Crippen LogP contribution in [-0.2, 0) is 4.79 Å². The maximum Gasteiger partial charge on any atom is 0.135 e. The van der Waals surface area contributed by atoms with Crippen LogP contribution in [0.2, 0.25) is 12.6 Å². The minimum absolute atomic E-state index is 0.0127. The second kappa shape index (κ2) is 6.91. The third-order valence-corrected chi connectivity index (χ3v) is 1.84. The molecule has 2 nitrogen and oxygen atoms in total. The van der Waals surface area contributed by atoms with Gasteiger partial charge in [-0.25, -0.2) is 0 Å². The summed E-state index contributed by atoms with van der Waals surface area (Å²) >= 11 is 0. The molecule has 0 amide bonds. The molecule has 0 N–H and O–H groups in total. The molecule has 1 aliphatic heterocycles. The average molecular weight is 164 g/mol. The molecule has 1 radical (unpaired) electrons. The first-order chi connectivity index (χ1) is 5.84. The molecule has 3 heteroatoms. The summed E-state index contributed by atoms with van der Waals surface area (Å²) in [5.74, 6) is 0.280. The molecule has 0 bridgehead atoms. The summed E-state index contributed by atoms with van der Waals surface area (Å²) in [6.45, 7) is 4.00. The van der Waals surface area contributed by atoms with E-state index in [4.69, 9.17) is 5.26 Å². The molecule has 1 saturated heterocycles. The normalized spacial score (nSPS) is 21.4. The van der Waals surface area contributed by atoms with Crippen LogP contribution < -0.4 is 0 Å². The third-order valence-electron chi connectivity index (χ3n) is 1.84.